The average Bonchev–Trinajstić information content (AvgIpc) is 2.51. The number of hydrogen-bond acceptors (Lipinski definition) is 2. The van der Waals surface area contributed by atoms with Gasteiger partial charge in [-0.05, 0) is 62.9 Å². The second kappa shape index (κ2) is 7.32. The van der Waals surface area contributed by atoms with Gasteiger partial charge in [-0.25, -0.2) is 0 Å². The Morgan fingerprint density at radius 2 is 1.83 bits per heavy atom. The maximum absolute atomic E-state index is 12.5. The fraction of sp³-hybridized carbons (Fsp3) is 0.350. The molecule has 0 spiro atoms. The molecule has 1 amide bonds. The smallest absolute Gasteiger partial charge is 0.265 e. The summed E-state index contributed by atoms with van der Waals surface area (Å²) in [5, 5.41) is 2.98. The van der Waals surface area contributed by atoms with E-state index in [4.69, 9.17) is 4.74 Å². The lowest BCUT2D eigenvalue weighted by Crippen LogP contribution is -2.32. The van der Waals surface area contributed by atoms with Crippen LogP contribution in [0.2, 0.25) is 0 Å². The monoisotopic (exact) mass is 311 g/mol. The van der Waals surface area contributed by atoms with Crippen molar-refractivity contribution in [2.24, 2.45) is 0 Å². The quantitative estimate of drug-likeness (QED) is 0.868. The highest BCUT2D eigenvalue weighted by Crippen LogP contribution is 2.23. The van der Waals surface area contributed by atoms with E-state index < -0.39 is 6.10 Å². The summed E-state index contributed by atoms with van der Waals surface area (Å²) in [5.74, 6) is 0.660. The van der Waals surface area contributed by atoms with Gasteiger partial charge in [0.05, 0.1) is 0 Å². The van der Waals surface area contributed by atoms with Gasteiger partial charge in [-0.15, -0.1) is 0 Å². The first kappa shape index (κ1) is 17.1. The van der Waals surface area contributed by atoms with Gasteiger partial charge in [0.25, 0.3) is 5.91 Å². The molecule has 0 aliphatic heterocycles. The number of rotatable bonds is 5. The Hall–Kier alpha value is -2.29. The van der Waals surface area contributed by atoms with Crippen molar-refractivity contribution in [1.29, 1.82) is 0 Å². The van der Waals surface area contributed by atoms with E-state index in [1.54, 1.807) is 0 Å². The number of amides is 1. The Kier molecular flexibility index (Phi) is 5.43. The average molecular weight is 311 g/mol. The predicted octanol–water partition coefficient (Wildman–Crippen LogP) is 4.72. The first-order valence-electron chi connectivity index (χ1n) is 8.03. The fourth-order valence-corrected chi connectivity index (χ4v) is 2.49. The third-order valence-corrected chi connectivity index (χ3v) is 4.13. The van der Waals surface area contributed by atoms with Crippen LogP contribution in [0.4, 0.5) is 5.69 Å². The van der Waals surface area contributed by atoms with E-state index in [2.05, 4.69) is 11.4 Å². The van der Waals surface area contributed by atoms with Crippen LogP contribution in [0.3, 0.4) is 0 Å². The Labute approximate surface area is 138 Å². The van der Waals surface area contributed by atoms with Gasteiger partial charge in [0.1, 0.15) is 5.75 Å². The molecule has 2 aromatic carbocycles. The summed E-state index contributed by atoms with van der Waals surface area (Å²) in [7, 11) is 0. The molecule has 0 saturated carbocycles. The lowest BCUT2D eigenvalue weighted by molar-refractivity contribution is -0.122. The van der Waals surface area contributed by atoms with Crippen molar-refractivity contribution in [2.75, 3.05) is 5.32 Å². The van der Waals surface area contributed by atoms with Crippen LogP contribution in [0.25, 0.3) is 0 Å². The highest BCUT2D eigenvalue weighted by Gasteiger charge is 2.20. The van der Waals surface area contributed by atoms with Crippen LogP contribution in [0.5, 0.6) is 5.75 Å². The van der Waals surface area contributed by atoms with Gasteiger partial charge in [0.2, 0.25) is 0 Å². The topological polar surface area (TPSA) is 38.3 Å². The largest absolute Gasteiger partial charge is 0.480 e. The van der Waals surface area contributed by atoms with E-state index in [0.29, 0.717) is 6.42 Å². The molecule has 2 aromatic rings. The third-order valence-electron chi connectivity index (χ3n) is 4.13. The maximum Gasteiger partial charge on any atom is 0.265 e. The summed E-state index contributed by atoms with van der Waals surface area (Å²) < 4.78 is 5.96. The van der Waals surface area contributed by atoms with Gasteiger partial charge in [-0.1, -0.05) is 36.8 Å². The number of carbonyl (C=O) groups excluding carboxylic acids is 1. The second-order valence-corrected chi connectivity index (χ2v) is 6.02. The van der Waals surface area contributed by atoms with Crippen LogP contribution in [-0.4, -0.2) is 12.0 Å². The van der Waals surface area contributed by atoms with Gasteiger partial charge in [0.15, 0.2) is 6.10 Å². The highest BCUT2D eigenvalue weighted by atomic mass is 16.5. The minimum absolute atomic E-state index is 0.111. The maximum atomic E-state index is 12.5. The van der Waals surface area contributed by atoms with Crippen LogP contribution in [0.1, 0.15) is 35.6 Å². The molecule has 122 valence electrons. The van der Waals surface area contributed by atoms with Crippen LogP contribution in [0.15, 0.2) is 36.4 Å². The second-order valence-electron chi connectivity index (χ2n) is 6.02. The molecular formula is C20H25NO2. The van der Waals surface area contributed by atoms with Gasteiger partial charge in [-0.2, -0.15) is 0 Å². The highest BCUT2D eigenvalue weighted by molar-refractivity contribution is 5.95. The Balaban J connectivity index is 2.14. The van der Waals surface area contributed by atoms with E-state index >= 15 is 0 Å². The van der Waals surface area contributed by atoms with Gasteiger partial charge >= 0.3 is 0 Å². The fourth-order valence-electron chi connectivity index (χ4n) is 2.49. The van der Waals surface area contributed by atoms with E-state index in [1.807, 2.05) is 65.0 Å². The Bertz CT molecular complexity index is 707. The van der Waals surface area contributed by atoms with Gasteiger partial charge in [0, 0.05) is 5.69 Å². The predicted molar refractivity (Wildman–Crippen MR) is 95.2 cm³/mol. The number of aryl methyl sites for hydroxylation is 3. The van der Waals surface area contributed by atoms with Crippen molar-refractivity contribution < 1.29 is 9.53 Å². The molecule has 0 aliphatic rings. The normalized spacial score (nSPS) is 11.9. The minimum Gasteiger partial charge on any atom is -0.480 e. The molecule has 0 fully saturated rings. The summed E-state index contributed by atoms with van der Waals surface area (Å²) in [4.78, 5) is 12.5. The van der Waals surface area contributed by atoms with E-state index in [9.17, 15) is 4.79 Å². The van der Waals surface area contributed by atoms with Crippen LogP contribution >= 0.6 is 0 Å². The number of benzene rings is 2. The molecule has 3 heteroatoms. The first-order valence-corrected chi connectivity index (χ1v) is 8.03. The molecule has 0 heterocycles. The molecule has 1 atom stereocenters. The van der Waals surface area contributed by atoms with E-state index in [1.165, 1.54) is 5.56 Å². The molecule has 1 unspecified atom stereocenters. The molecule has 0 aliphatic carbocycles. The number of anilines is 1. The molecule has 0 saturated heterocycles. The summed E-state index contributed by atoms with van der Waals surface area (Å²) in [6, 6.07) is 11.9. The molecule has 23 heavy (non-hydrogen) atoms. The number of nitrogens with one attached hydrogen (secondary N) is 1. The van der Waals surface area contributed by atoms with Crippen LogP contribution in [0, 0.1) is 27.7 Å². The molecule has 2 rings (SSSR count). The minimum atomic E-state index is -0.504. The molecule has 0 bridgehead atoms. The van der Waals surface area contributed by atoms with Gasteiger partial charge < -0.3 is 10.1 Å². The zero-order chi connectivity index (χ0) is 17.0. The van der Waals surface area contributed by atoms with Gasteiger partial charge in [-0.3, -0.25) is 4.79 Å². The standard InChI is InChI=1S/C20H25NO2/c1-6-18(23-19-9-7-8-14(3)16(19)5)20(22)21-17-11-10-13(2)12-15(17)4/h7-12,18H,6H2,1-5H3,(H,21,22). The van der Waals surface area contributed by atoms with Crippen molar-refractivity contribution in [1.82, 2.24) is 0 Å². The first-order chi connectivity index (χ1) is 10.9. The number of carbonyl (C=O) groups is 1. The zero-order valence-corrected chi connectivity index (χ0v) is 14.6. The molecule has 1 N–H and O–H groups in total. The molecule has 0 aromatic heterocycles. The summed E-state index contributed by atoms with van der Waals surface area (Å²) in [6.45, 7) is 10.0. The molecular weight excluding hydrogens is 286 g/mol. The SMILES string of the molecule is CCC(Oc1cccc(C)c1C)C(=O)Nc1ccc(C)cc1C. The summed E-state index contributed by atoms with van der Waals surface area (Å²) in [6.07, 6.45) is 0.112. The Morgan fingerprint density at radius 1 is 1.09 bits per heavy atom. The Morgan fingerprint density at radius 3 is 2.48 bits per heavy atom. The van der Waals surface area contributed by atoms with Crippen LogP contribution < -0.4 is 10.1 Å². The summed E-state index contributed by atoms with van der Waals surface area (Å²) in [5.41, 5.74) is 5.31. The lowest BCUT2D eigenvalue weighted by Gasteiger charge is -2.20. The number of hydrogen-bond donors (Lipinski definition) is 1. The van der Waals surface area contributed by atoms with E-state index in [0.717, 1.165) is 28.1 Å². The lowest BCUT2D eigenvalue weighted by atomic mass is 10.1. The number of ether oxygens (including phenoxy) is 1. The summed E-state index contributed by atoms with van der Waals surface area (Å²) >= 11 is 0. The molecule has 3 nitrogen and oxygen atoms in total. The third kappa shape index (κ3) is 4.13. The van der Waals surface area contributed by atoms with Crippen molar-refractivity contribution in [3.8, 4) is 5.75 Å². The van der Waals surface area contributed by atoms with Crippen molar-refractivity contribution in [2.45, 2.75) is 47.1 Å². The zero-order valence-electron chi connectivity index (χ0n) is 14.6. The van der Waals surface area contributed by atoms with Crippen molar-refractivity contribution >= 4 is 11.6 Å². The molecule has 0 radical (unpaired) electrons. The van der Waals surface area contributed by atoms with Crippen LogP contribution in [-0.2, 0) is 4.79 Å². The van der Waals surface area contributed by atoms with E-state index in [-0.39, 0.29) is 5.91 Å². The van der Waals surface area contributed by atoms with Crippen molar-refractivity contribution in [3.05, 3.63) is 58.7 Å². The van der Waals surface area contributed by atoms with Crippen molar-refractivity contribution in [3.63, 3.8) is 0 Å².